The van der Waals surface area contributed by atoms with Crippen molar-refractivity contribution in [1.29, 1.82) is 0 Å². The van der Waals surface area contributed by atoms with Gasteiger partial charge in [0.1, 0.15) is 0 Å². The minimum Gasteiger partial charge on any atom is -0.371 e. The molecule has 0 spiro atoms. The topological polar surface area (TPSA) is 23.3 Å². The van der Waals surface area contributed by atoms with E-state index in [4.69, 9.17) is 4.74 Å². The third-order valence-electron chi connectivity index (χ3n) is 2.03. The smallest absolute Gasteiger partial charge is 0.0966 e. The molecule has 2 nitrogen and oxygen atoms in total. The Kier molecular flexibility index (Phi) is 2.39. The second kappa shape index (κ2) is 3.70. The van der Waals surface area contributed by atoms with E-state index in [1.807, 2.05) is 18.2 Å². The zero-order valence-electron chi connectivity index (χ0n) is 6.94. The number of nitrogens with zero attached hydrogens (tertiary/aromatic N) is 1. The van der Waals surface area contributed by atoms with Crippen LogP contribution >= 0.6 is 0 Å². The molecule has 0 aromatic heterocycles. The summed E-state index contributed by atoms with van der Waals surface area (Å²) in [7, 11) is 0. The Labute approximate surface area is 72.5 Å². The van der Waals surface area contributed by atoms with Gasteiger partial charge in [0, 0.05) is 13.1 Å². The van der Waals surface area contributed by atoms with E-state index < -0.39 is 0 Å². The van der Waals surface area contributed by atoms with Gasteiger partial charge >= 0.3 is 0 Å². The van der Waals surface area contributed by atoms with E-state index in [1.165, 1.54) is 5.56 Å². The standard InChI is InChI=1S/C10H12NO/c1-2-4-9(5-3-1)10-8-11-6-7-12-10/h1-5,10H,6-8H2. The minimum atomic E-state index is 0.194. The van der Waals surface area contributed by atoms with Gasteiger partial charge in [0.05, 0.1) is 12.7 Å². The van der Waals surface area contributed by atoms with E-state index in [0.29, 0.717) is 0 Å². The first-order valence-electron chi connectivity index (χ1n) is 4.26. The Morgan fingerprint density at radius 1 is 1.25 bits per heavy atom. The molecule has 1 saturated heterocycles. The Morgan fingerprint density at radius 3 is 2.75 bits per heavy atom. The van der Waals surface area contributed by atoms with Gasteiger partial charge in [-0.25, -0.2) is 5.32 Å². The second-order valence-corrected chi connectivity index (χ2v) is 2.90. The molecule has 1 aromatic rings. The van der Waals surface area contributed by atoms with E-state index in [-0.39, 0.29) is 6.10 Å². The Hall–Kier alpha value is -0.860. The van der Waals surface area contributed by atoms with Crippen LogP contribution in [0.25, 0.3) is 0 Å². The number of hydrogen-bond acceptors (Lipinski definition) is 1. The fourth-order valence-electron chi connectivity index (χ4n) is 1.39. The molecule has 1 aliphatic heterocycles. The normalized spacial score (nSPS) is 23.8. The highest BCUT2D eigenvalue weighted by molar-refractivity contribution is 5.18. The van der Waals surface area contributed by atoms with Crippen LogP contribution in [0, 0.1) is 0 Å². The lowest BCUT2D eigenvalue weighted by Gasteiger charge is -2.22. The lowest BCUT2D eigenvalue weighted by molar-refractivity contribution is 0.0261. The summed E-state index contributed by atoms with van der Waals surface area (Å²) in [5.41, 5.74) is 1.24. The molecule has 0 N–H and O–H groups in total. The summed E-state index contributed by atoms with van der Waals surface area (Å²) in [4.78, 5) is 0. The molecule has 1 fully saturated rings. The molecule has 1 unspecified atom stereocenters. The predicted octanol–water partition coefficient (Wildman–Crippen LogP) is 1.36. The summed E-state index contributed by atoms with van der Waals surface area (Å²) in [6.45, 7) is 2.42. The van der Waals surface area contributed by atoms with Crippen molar-refractivity contribution in [2.45, 2.75) is 6.10 Å². The molecule has 1 heterocycles. The van der Waals surface area contributed by atoms with Crippen LogP contribution in [0.3, 0.4) is 0 Å². The zero-order chi connectivity index (χ0) is 8.23. The molecule has 1 radical (unpaired) electrons. The first-order chi connectivity index (χ1) is 5.97. The summed E-state index contributed by atoms with van der Waals surface area (Å²) >= 11 is 0. The Balaban J connectivity index is 2.08. The van der Waals surface area contributed by atoms with E-state index in [9.17, 15) is 0 Å². The molecule has 1 aliphatic rings. The van der Waals surface area contributed by atoms with E-state index in [1.54, 1.807) is 0 Å². The van der Waals surface area contributed by atoms with E-state index in [2.05, 4.69) is 17.4 Å². The van der Waals surface area contributed by atoms with E-state index >= 15 is 0 Å². The SMILES string of the molecule is c1ccc(C2C[N]CCO2)cc1. The number of ether oxygens (including phenoxy) is 1. The number of rotatable bonds is 1. The van der Waals surface area contributed by atoms with Crippen molar-refractivity contribution in [1.82, 2.24) is 5.32 Å². The first-order valence-corrected chi connectivity index (χ1v) is 4.26. The largest absolute Gasteiger partial charge is 0.371 e. The maximum atomic E-state index is 5.57. The van der Waals surface area contributed by atoms with Gasteiger partial charge < -0.3 is 4.74 Å². The van der Waals surface area contributed by atoms with Crippen molar-refractivity contribution >= 4 is 0 Å². The van der Waals surface area contributed by atoms with Gasteiger partial charge in [0.2, 0.25) is 0 Å². The van der Waals surface area contributed by atoms with Gasteiger partial charge in [-0.3, -0.25) is 0 Å². The fraction of sp³-hybridized carbons (Fsp3) is 0.400. The molecule has 0 amide bonds. The van der Waals surface area contributed by atoms with Gasteiger partial charge in [0.25, 0.3) is 0 Å². The van der Waals surface area contributed by atoms with Crippen LogP contribution in [-0.4, -0.2) is 19.7 Å². The van der Waals surface area contributed by atoms with Crippen LogP contribution in [0.4, 0.5) is 0 Å². The molecule has 63 valence electrons. The highest BCUT2D eigenvalue weighted by atomic mass is 16.5. The molecule has 1 atom stereocenters. The summed E-state index contributed by atoms with van der Waals surface area (Å²) in [6.07, 6.45) is 0.194. The highest BCUT2D eigenvalue weighted by Gasteiger charge is 2.15. The average Bonchev–Trinajstić information content (AvgIpc) is 2.21. The monoisotopic (exact) mass is 162 g/mol. The summed E-state index contributed by atoms with van der Waals surface area (Å²) < 4.78 is 5.57. The van der Waals surface area contributed by atoms with Gasteiger partial charge in [0.15, 0.2) is 0 Å². The predicted molar refractivity (Wildman–Crippen MR) is 47.0 cm³/mol. The fourth-order valence-corrected chi connectivity index (χ4v) is 1.39. The summed E-state index contributed by atoms with van der Waals surface area (Å²) in [6, 6.07) is 10.3. The molecule has 2 rings (SSSR count). The van der Waals surface area contributed by atoms with Crippen LogP contribution in [0.1, 0.15) is 11.7 Å². The van der Waals surface area contributed by atoms with Crippen LogP contribution in [0.5, 0.6) is 0 Å². The van der Waals surface area contributed by atoms with Crippen molar-refractivity contribution in [3.63, 3.8) is 0 Å². The maximum Gasteiger partial charge on any atom is 0.0966 e. The second-order valence-electron chi connectivity index (χ2n) is 2.90. The van der Waals surface area contributed by atoms with Crippen molar-refractivity contribution in [2.75, 3.05) is 19.7 Å². The van der Waals surface area contributed by atoms with Crippen molar-refractivity contribution in [3.8, 4) is 0 Å². The molecule has 0 aliphatic carbocycles. The van der Waals surface area contributed by atoms with Gasteiger partial charge in [-0.1, -0.05) is 30.3 Å². The van der Waals surface area contributed by atoms with Crippen LogP contribution in [0.15, 0.2) is 30.3 Å². The third kappa shape index (κ3) is 1.65. The molecule has 2 heteroatoms. The Morgan fingerprint density at radius 2 is 2.08 bits per heavy atom. The molecule has 0 saturated carbocycles. The van der Waals surface area contributed by atoms with Crippen LogP contribution in [-0.2, 0) is 4.74 Å². The molecule has 0 bridgehead atoms. The van der Waals surface area contributed by atoms with Crippen LogP contribution < -0.4 is 5.32 Å². The zero-order valence-corrected chi connectivity index (χ0v) is 6.94. The highest BCUT2D eigenvalue weighted by Crippen LogP contribution is 2.17. The van der Waals surface area contributed by atoms with Crippen LogP contribution in [0.2, 0.25) is 0 Å². The van der Waals surface area contributed by atoms with E-state index in [0.717, 1.165) is 19.7 Å². The molecule has 1 aromatic carbocycles. The third-order valence-corrected chi connectivity index (χ3v) is 2.03. The van der Waals surface area contributed by atoms with Gasteiger partial charge in [-0.05, 0) is 5.56 Å². The van der Waals surface area contributed by atoms with Crippen molar-refractivity contribution in [3.05, 3.63) is 35.9 Å². The first kappa shape index (κ1) is 7.77. The number of morpholine rings is 1. The molecule has 12 heavy (non-hydrogen) atoms. The lowest BCUT2D eigenvalue weighted by atomic mass is 10.1. The maximum absolute atomic E-state index is 5.57. The molecular weight excluding hydrogens is 150 g/mol. The quantitative estimate of drug-likeness (QED) is 0.611. The Bertz CT molecular complexity index is 229. The molecular formula is C10H12NO. The van der Waals surface area contributed by atoms with Crippen molar-refractivity contribution < 1.29 is 4.74 Å². The number of benzene rings is 1. The number of hydrogen-bond donors (Lipinski definition) is 0. The van der Waals surface area contributed by atoms with Gasteiger partial charge in [-0.2, -0.15) is 0 Å². The minimum absolute atomic E-state index is 0.194. The summed E-state index contributed by atoms with van der Waals surface area (Å²) in [5.74, 6) is 0. The van der Waals surface area contributed by atoms with Gasteiger partial charge in [-0.15, -0.1) is 0 Å². The lowest BCUT2D eigenvalue weighted by Crippen LogP contribution is -2.28. The van der Waals surface area contributed by atoms with Crippen molar-refractivity contribution in [2.24, 2.45) is 0 Å². The average molecular weight is 162 g/mol. The summed E-state index contributed by atoms with van der Waals surface area (Å²) in [5, 5.41) is 4.31.